The van der Waals surface area contributed by atoms with Gasteiger partial charge in [-0.1, -0.05) is 40.9 Å². The summed E-state index contributed by atoms with van der Waals surface area (Å²) in [5.74, 6) is 0. The number of hydrogen-bond acceptors (Lipinski definition) is 3. The zero-order valence-electron chi connectivity index (χ0n) is 8.36. The fraction of sp³-hybridized carbons (Fsp3) is 0.100. The molecule has 0 saturated heterocycles. The Labute approximate surface area is 124 Å². The third-order valence-electron chi connectivity index (χ3n) is 2.13. The first-order valence-corrected chi connectivity index (χ1v) is 6.41. The van der Waals surface area contributed by atoms with Crippen LogP contribution in [0.2, 0.25) is 15.2 Å². The van der Waals surface area contributed by atoms with Crippen molar-refractivity contribution in [1.82, 2.24) is 4.98 Å². The monoisotopic (exact) mass is 328 g/mol. The molecule has 17 heavy (non-hydrogen) atoms. The summed E-state index contributed by atoms with van der Waals surface area (Å²) in [6, 6.07) is 3.47. The molecule has 0 bridgehead atoms. The number of nitrogens with zero attached hydrogens (tertiary/aromatic N) is 1. The molecule has 92 valence electrons. The maximum absolute atomic E-state index is 6.09. The van der Waals surface area contributed by atoms with Crippen LogP contribution >= 0.6 is 58.5 Å². The maximum Gasteiger partial charge on any atom is 0.148 e. The van der Waals surface area contributed by atoms with Gasteiger partial charge in [0.2, 0.25) is 0 Å². The van der Waals surface area contributed by atoms with E-state index in [1.54, 1.807) is 11.3 Å². The van der Waals surface area contributed by atoms with Gasteiger partial charge in [-0.05, 0) is 11.4 Å². The third kappa shape index (κ3) is 3.05. The number of rotatable bonds is 2. The molecule has 2 heterocycles. The maximum atomic E-state index is 6.09. The van der Waals surface area contributed by atoms with Crippen LogP contribution in [0.25, 0.3) is 0 Å². The molecule has 2 N–H and O–H groups in total. The van der Waals surface area contributed by atoms with Crippen LogP contribution in [-0.2, 0) is 0 Å². The lowest BCUT2D eigenvalue weighted by Gasteiger charge is -2.14. The Morgan fingerprint density at radius 3 is 2.59 bits per heavy atom. The molecular weight excluding hydrogens is 322 g/mol. The zero-order chi connectivity index (χ0) is 11.7. The number of pyridine rings is 1. The second-order valence-corrected chi connectivity index (χ2v) is 5.24. The van der Waals surface area contributed by atoms with Crippen molar-refractivity contribution in [3.8, 4) is 0 Å². The minimum atomic E-state index is -0.375. The Morgan fingerprint density at radius 1 is 1.29 bits per heavy atom. The van der Waals surface area contributed by atoms with Crippen LogP contribution < -0.4 is 5.73 Å². The number of hydrogen-bond donors (Lipinski definition) is 1. The van der Waals surface area contributed by atoms with Gasteiger partial charge in [-0.2, -0.15) is 0 Å². The van der Waals surface area contributed by atoms with Crippen LogP contribution in [0.1, 0.15) is 16.5 Å². The Hall–Kier alpha value is -0.0300. The summed E-state index contributed by atoms with van der Waals surface area (Å²) in [4.78, 5) is 4.83. The summed E-state index contributed by atoms with van der Waals surface area (Å²) in [7, 11) is 0. The Balaban J connectivity index is 0.00000144. The topological polar surface area (TPSA) is 38.9 Å². The van der Waals surface area contributed by atoms with Gasteiger partial charge in [-0.3, -0.25) is 0 Å². The first kappa shape index (κ1) is 15.0. The summed E-state index contributed by atoms with van der Waals surface area (Å²) in [6.45, 7) is 0. The van der Waals surface area contributed by atoms with Crippen molar-refractivity contribution in [3.05, 3.63) is 49.3 Å². The molecule has 0 saturated carbocycles. The average molecular weight is 330 g/mol. The molecule has 0 spiro atoms. The van der Waals surface area contributed by atoms with Gasteiger partial charge in [-0.25, -0.2) is 4.98 Å². The Morgan fingerprint density at radius 2 is 2.00 bits per heavy atom. The van der Waals surface area contributed by atoms with E-state index in [0.29, 0.717) is 15.6 Å². The molecule has 7 heteroatoms. The van der Waals surface area contributed by atoms with Crippen molar-refractivity contribution in [2.45, 2.75) is 6.04 Å². The van der Waals surface area contributed by atoms with Gasteiger partial charge >= 0.3 is 0 Å². The SMILES string of the molecule is Cl.N[C@@H](c1cccs1)c1c(Cl)cnc(Cl)c1Cl. The van der Waals surface area contributed by atoms with Gasteiger partial charge in [0, 0.05) is 16.6 Å². The van der Waals surface area contributed by atoms with Crippen LogP contribution in [0.15, 0.2) is 23.7 Å². The predicted molar refractivity (Wildman–Crippen MR) is 76.9 cm³/mol. The molecule has 1 atom stereocenters. The normalized spacial score (nSPS) is 12.0. The molecule has 0 unspecified atom stereocenters. The standard InChI is InChI=1S/C10H7Cl3N2S.ClH/c11-5-4-15-10(13)8(12)7(5)9(14)6-2-1-3-16-6;/h1-4,9H,14H2;1H/t9-;/m0./s1. The molecular formula is C10H8Cl4N2S. The van der Waals surface area contributed by atoms with Crippen molar-refractivity contribution in [1.29, 1.82) is 0 Å². The van der Waals surface area contributed by atoms with E-state index in [1.165, 1.54) is 6.20 Å². The highest BCUT2D eigenvalue weighted by Gasteiger charge is 2.19. The molecule has 0 aliphatic rings. The van der Waals surface area contributed by atoms with Crippen molar-refractivity contribution in [2.75, 3.05) is 0 Å². The van der Waals surface area contributed by atoms with E-state index < -0.39 is 0 Å². The van der Waals surface area contributed by atoms with Crippen LogP contribution in [0, 0.1) is 0 Å². The molecule has 2 nitrogen and oxygen atoms in total. The minimum Gasteiger partial charge on any atom is -0.320 e. The van der Waals surface area contributed by atoms with E-state index >= 15 is 0 Å². The molecule has 2 aromatic rings. The molecule has 0 radical (unpaired) electrons. The van der Waals surface area contributed by atoms with Crippen molar-refractivity contribution in [2.24, 2.45) is 5.73 Å². The van der Waals surface area contributed by atoms with Gasteiger partial charge in [-0.15, -0.1) is 23.7 Å². The van der Waals surface area contributed by atoms with E-state index in [0.717, 1.165) is 4.88 Å². The van der Waals surface area contributed by atoms with Gasteiger partial charge in [0.15, 0.2) is 0 Å². The summed E-state index contributed by atoms with van der Waals surface area (Å²) in [6.07, 6.45) is 1.46. The number of nitrogens with two attached hydrogens (primary N) is 1. The highest BCUT2D eigenvalue weighted by atomic mass is 35.5. The van der Waals surface area contributed by atoms with E-state index in [9.17, 15) is 0 Å². The third-order valence-corrected chi connectivity index (χ3v) is 4.15. The predicted octanol–water partition coefficient (Wildman–Crippen LogP) is 4.57. The second-order valence-electron chi connectivity index (χ2n) is 3.12. The molecule has 2 aromatic heterocycles. The van der Waals surface area contributed by atoms with Gasteiger partial charge in [0.25, 0.3) is 0 Å². The fourth-order valence-corrected chi connectivity index (χ4v) is 2.81. The van der Waals surface area contributed by atoms with Crippen LogP contribution in [0.5, 0.6) is 0 Å². The van der Waals surface area contributed by atoms with Crippen LogP contribution in [-0.4, -0.2) is 4.98 Å². The summed E-state index contributed by atoms with van der Waals surface area (Å²) in [5, 5.41) is 2.90. The summed E-state index contributed by atoms with van der Waals surface area (Å²) >= 11 is 19.5. The molecule has 0 aliphatic carbocycles. The Kier molecular flexibility index (Phi) is 5.51. The molecule has 0 aromatic carbocycles. The summed E-state index contributed by atoms with van der Waals surface area (Å²) in [5.41, 5.74) is 6.70. The molecule has 0 aliphatic heterocycles. The van der Waals surface area contributed by atoms with Gasteiger partial charge in [0.1, 0.15) is 5.15 Å². The van der Waals surface area contributed by atoms with E-state index in [1.807, 2.05) is 17.5 Å². The Bertz CT molecular complexity index is 501. The fourth-order valence-electron chi connectivity index (χ4n) is 1.35. The lowest BCUT2D eigenvalue weighted by molar-refractivity contribution is 0.890. The molecule has 0 amide bonds. The smallest absolute Gasteiger partial charge is 0.148 e. The zero-order valence-corrected chi connectivity index (χ0v) is 12.3. The number of thiophene rings is 1. The quantitative estimate of drug-likeness (QED) is 0.819. The minimum absolute atomic E-state index is 0. The number of halogens is 4. The van der Waals surface area contributed by atoms with E-state index in [-0.39, 0.29) is 23.6 Å². The lowest BCUT2D eigenvalue weighted by atomic mass is 10.1. The van der Waals surface area contributed by atoms with Crippen molar-refractivity contribution in [3.63, 3.8) is 0 Å². The first-order chi connectivity index (χ1) is 7.61. The highest BCUT2D eigenvalue weighted by molar-refractivity contribution is 7.10. The van der Waals surface area contributed by atoms with E-state index in [4.69, 9.17) is 40.5 Å². The van der Waals surface area contributed by atoms with Crippen LogP contribution in [0.3, 0.4) is 0 Å². The van der Waals surface area contributed by atoms with E-state index in [2.05, 4.69) is 4.98 Å². The lowest BCUT2D eigenvalue weighted by Crippen LogP contribution is -2.12. The second kappa shape index (κ2) is 6.23. The molecule has 0 fully saturated rings. The highest BCUT2D eigenvalue weighted by Crippen LogP contribution is 2.36. The van der Waals surface area contributed by atoms with Gasteiger partial charge < -0.3 is 5.73 Å². The average Bonchev–Trinajstić information content (AvgIpc) is 2.77. The van der Waals surface area contributed by atoms with Crippen LogP contribution in [0.4, 0.5) is 0 Å². The van der Waals surface area contributed by atoms with Crippen molar-refractivity contribution < 1.29 is 0 Å². The molecule has 2 rings (SSSR count). The first-order valence-electron chi connectivity index (χ1n) is 4.39. The van der Waals surface area contributed by atoms with Gasteiger partial charge in [0.05, 0.1) is 16.1 Å². The largest absolute Gasteiger partial charge is 0.320 e. The number of aromatic nitrogens is 1. The van der Waals surface area contributed by atoms with Crippen molar-refractivity contribution >= 4 is 58.5 Å². The summed E-state index contributed by atoms with van der Waals surface area (Å²) < 4.78 is 0.